The second kappa shape index (κ2) is 28.3. The van der Waals surface area contributed by atoms with Crippen LogP contribution in [0.1, 0.15) is 82.5 Å². The lowest BCUT2D eigenvalue weighted by molar-refractivity contribution is -0.138. The average molecular weight is 1570 g/mol. The molecule has 0 spiro atoms. The summed E-state index contributed by atoms with van der Waals surface area (Å²) in [5, 5.41) is 47.2. The number of carbonyl (C=O) groups is 4. The number of terminal acetylenes is 1. The number of benzene rings is 2. The summed E-state index contributed by atoms with van der Waals surface area (Å²) in [7, 11) is 0. The monoisotopic (exact) mass is 1560 g/mol. The van der Waals surface area contributed by atoms with Crippen molar-refractivity contribution in [1.82, 2.24) is 59.5 Å². The van der Waals surface area contributed by atoms with E-state index in [0.29, 0.717) is 69.5 Å². The van der Waals surface area contributed by atoms with Crippen molar-refractivity contribution < 1.29 is 58.6 Å². The zero-order chi connectivity index (χ0) is 61.8. The highest BCUT2D eigenvalue weighted by Gasteiger charge is 2.50. The van der Waals surface area contributed by atoms with E-state index in [0.717, 1.165) is 71.2 Å². The molecule has 2 aliphatic carbocycles. The number of aromatic nitrogens is 8. The van der Waals surface area contributed by atoms with Crippen LogP contribution in [-0.4, -0.2) is 168 Å². The van der Waals surface area contributed by atoms with Gasteiger partial charge in [-0.2, -0.15) is 0 Å². The number of halogens is 5. The SMILES string of the molecule is C#CCC1CCN(C(=O)Oc2ccc(Br)cc2Br)CC1.Nc1nc(C#CCC2CCN(C(=O)Oc3ccc(Br)cc3Br)CC2)nc2c1ncn2[C@@H]1O[C@H](C(=O)NC2CC2)C(O)[C@@H]1O.Nc1nc(I)nc2c1ncn2[C@@H]1O[C@H](C(=O)NC2CC2)C(O)[C@@H]1O. The quantitative estimate of drug-likeness (QED) is 0.0453. The number of rotatable bonds is 10. The van der Waals surface area contributed by atoms with Crippen LogP contribution in [0.4, 0.5) is 21.2 Å². The molecule has 6 aliphatic rings. The lowest BCUT2D eigenvalue weighted by Gasteiger charge is -2.30. The number of likely N-dealkylation sites (tertiary alicyclic amines) is 2. The van der Waals surface area contributed by atoms with Crippen molar-refractivity contribution in [3.05, 3.63) is 76.6 Å². The first-order valence-electron chi connectivity index (χ1n) is 27.8. The third kappa shape index (κ3) is 15.6. The van der Waals surface area contributed by atoms with Gasteiger partial charge in [-0.15, -0.1) is 12.3 Å². The number of aliphatic hydroxyl groups excluding tert-OH is 4. The molecule has 31 heteroatoms. The Kier molecular flexibility index (Phi) is 20.9. The number of aliphatic hydroxyl groups is 4. The van der Waals surface area contributed by atoms with Crippen molar-refractivity contribution in [2.75, 3.05) is 37.6 Å². The summed E-state index contributed by atoms with van der Waals surface area (Å²) in [4.78, 5) is 78.2. The van der Waals surface area contributed by atoms with Gasteiger partial charge in [0.1, 0.15) is 46.9 Å². The third-order valence-electron chi connectivity index (χ3n) is 15.2. The van der Waals surface area contributed by atoms with E-state index in [-0.39, 0.29) is 58.8 Å². The molecule has 12 rings (SSSR count). The number of nitrogens with two attached hydrogens (primary N) is 2. The number of piperidine rings is 2. The number of ether oxygens (including phenoxy) is 4. The number of fused-ring (bicyclic) bond motifs is 2. The van der Waals surface area contributed by atoms with Gasteiger partial charge in [0.25, 0.3) is 11.8 Å². The topological polar surface area (TPSA) is 356 Å². The molecule has 4 aromatic heterocycles. The van der Waals surface area contributed by atoms with Crippen molar-refractivity contribution in [2.45, 2.75) is 125 Å². The number of hydrogen-bond acceptors (Lipinski definition) is 20. The Hall–Kier alpha value is -5.85. The lowest BCUT2D eigenvalue weighted by Crippen LogP contribution is -2.43. The second-order valence-electron chi connectivity index (χ2n) is 21.5. The Bertz CT molecular complexity index is 3660. The molecule has 26 nitrogen and oxygen atoms in total. The Morgan fingerprint density at radius 1 is 0.632 bits per heavy atom. The van der Waals surface area contributed by atoms with Crippen LogP contribution in [0.5, 0.6) is 11.5 Å². The Morgan fingerprint density at radius 3 is 1.51 bits per heavy atom. The summed E-state index contributed by atoms with van der Waals surface area (Å²) >= 11 is 15.5. The van der Waals surface area contributed by atoms with Crippen LogP contribution in [-0.2, 0) is 19.1 Å². The fourth-order valence-electron chi connectivity index (χ4n) is 10.0. The minimum atomic E-state index is -1.42. The number of nitrogens with one attached hydrogen (secondary N) is 2. The maximum absolute atomic E-state index is 12.6. The largest absolute Gasteiger partial charge is 0.415 e. The number of imidazole rings is 2. The van der Waals surface area contributed by atoms with E-state index in [1.807, 2.05) is 46.9 Å². The zero-order valence-electron chi connectivity index (χ0n) is 46.1. The minimum absolute atomic E-state index is 0.0802. The summed E-state index contributed by atoms with van der Waals surface area (Å²) in [6.07, 6.45) is 5.88. The average Bonchev–Trinajstić information content (AvgIpc) is 1.94. The van der Waals surface area contributed by atoms with E-state index in [2.05, 4.69) is 122 Å². The van der Waals surface area contributed by atoms with Crippen LogP contribution in [0, 0.1) is 39.9 Å². The molecule has 87 heavy (non-hydrogen) atoms. The Balaban J connectivity index is 0.000000160. The van der Waals surface area contributed by atoms with Crippen LogP contribution in [0.3, 0.4) is 0 Å². The number of hydrogen-bond donors (Lipinski definition) is 8. The maximum Gasteiger partial charge on any atom is 0.415 e. The van der Waals surface area contributed by atoms with Gasteiger partial charge in [0.05, 0.1) is 21.6 Å². The number of nitrogens with zero attached hydrogens (tertiary/aromatic N) is 10. The predicted octanol–water partition coefficient (Wildman–Crippen LogP) is 5.84. The minimum Gasteiger partial charge on any atom is -0.409 e. The molecule has 8 heterocycles. The van der Waals surface area contributed by atoms with Gasteiger partial charge in [-0.05, 0) is 137 Å². The molecule has 8 atom stereocenters. The fraction of sp³-hybridized carbons (Fsp3) is 0.464. The van der Waals surface area contributed by atoms with E-state index in [1.54, 1.807) is 21.9 Å². The number of carbonyl (C=O) groups excluding carboxylic acids is 4. The van der Waals surface area contributed by atoms with Gasteiger partial charge in [0.15, 0.2) is 51.4 Å². The smallest absolute Gasteiger partial charge is 0.409 e. The highest BCUT2D eigenvalue weighted by Crippen LogP contribution is 2.36. The van der Waals surface area contributed by atoms with E-state index in [1.165, 1.54) is 21.8 Å². The first-order chi connectivity index (χ1) is 41.7. The number of amides is 4. The van der Waals surface area contributed by atoms with Crippen LogP contribution in [0.2, 0.25) is 0 Å². The molecule has 0 radical (unpaired) electrons. The summed E-state index contributed by atoms with van der Waals surface area (Å²) in [6.45, 7) is 2.53. The summed E-state index contributed by atoms with van der Waals surface area (Å²) in [5.74, 6) is 10.2. The van der Waals surface area contributed by atoms with Crippen LogP contribution in [0.15, 0.2) is 66.9 Å². The maximum atomic E-state index is 12.6. The molecule has 460 valence electrons. The van der Waals surface area contributed by atoms with Crippen molar-refractivity contribution in [1.29, 1.82) is 0 Å². The lowest BCUT2D eigenvalue weighted by atomic mass is 9.94. The van der Waals surface area contributed by atoms with Crippen molar-refractivity contribution in [2.24, 2.45) is 11.8 Å². The van der Waals surface area contributed by atoms with Gasteiger partial charge in [-0.3, -0.25) is 18.7 Å². The van der Waals surface area contributed by atoms with Crippen molar-refractivity contribution in [3.63, 3.8) is 0 Å². The van der Waals surface area contributed by atoms with E-state index in [4.69, 9.17) is 36.8 Å². The van der Waals surface area contributed by atoms with Gasteiger partial charge in [0, 0.05) is 82.6 Å². The molecule has 4 saturated heterocycles. The van der Waals surface area contributed by atoms with Gasteiger partial charge in [-0.1, -0.05) is 37.8 Å². The summed E-state index contributed by atoms with van der Waals surface area (Å²) < 4.78 is 28.9. The van der Waals surface area contributed by atoms with Gasteiger partial charge >= 0.3 is 12.2 Å². The Labute approximate surface area is 545 Å². The second-order valence-corrected chi connectivity index (χ2v) is 26.0. The molecular formula is C56H59Br4IN14O12. The molecule has 6 aromatic rings. The van der Waals surface area contributed by atoms with Crippen LogP contribution >= 0.6 is 86.3 Å². The highest BCUT2D eigenvalue weighted by atomic mass is 127. The Morgan fingerprint density at radius 2 is 1.07 bits per heavy atom. The molecule has 0 bridgehead atoms. The summed E-state index contributed by atoms with van der Waals surface area (Å²) in [6, 6.07) is 11.0. The van der Waals surface area contributed by atoms with Crippen molar-refractivity contribution >= 4 is 144 Å². The first-order valence-corrected chi connectivity index (χ1v) is 32.0. The number of nitrogen functional groups attached to an aromatic ring is 2. The van der Waals surface area contributed by atoms with E-state index in [9.17, 15) is 39.6 Å². The zero-order valence-corrected chi connectivity index (χ0v) is 54.6. The number of anilines is 2. The van der Waals surface area contributed by atoms with Gasteiger partial charge in [0.2, 0.25) is 5.82 Å². The normalized spacial score (nSPS) is 23.8. The molecule has 4 amide bonds. The van der Waals surface area contributed by atoms with Crippen LogP contribution < -0.4 is 31.6 Å². The molecule has 10 N–H and O–H groups in total. The molecule has 2 unspecified atom stereocenters. The molecule has 2 aromatic carbocycles. The van der Waals surface area contributed by atoms with Crippen LogP contribution in [0.25, 0.3) is 22.3 Å². The van der Waals surface area contributed by atoms with Gasteiger partial charge in [-0.25, -0.2) is 39.5 Å². The highest BCUT2D eigenvalue weighted by molar-refractivity contribution is 14.1. The van der Waals surface area contributed by atoms with E-state index < -0.39 is 60.9 Å². The first kappa shape index (κ1) is 64.1. The summed E-state index contributed by atoms with van der Waals surface area (Å²) in [5.41, 5.74) is 13.2. The van der Waals surface area contributed by atoms with Gasteiger partial charge < -0.3 is 71.3 Å². The molecular weight excluding hydrogens is 1510 g/mol. The predicted molar refractivity (Wildman–Crippen MR) is 336 cm³/mol. The molecule has 4 aliphatic heterocycles. The third-order valence-corrected chi connectivity index (χ3v) is 17.9. The molecule has 2 saturated carbocycles. The fourth-order valence-corrected chi connectivity index (χ4v) is 12.8. The van der Waals surface area contributed by atoms with Crippen molar-refractivity contribution in [3.8, 4) is 35.7 Å². The molecule has 6 fully saturated rings. The van der Waals surface area contributed by atoms with E-state index >= 15 is 0 Å². The standard InChI is InChI=1S/C28H29Br2N7O6.C15H15Br2NO2.C13H15IN6O4/c29-15-4-7-18(17(30)12-15)42-28(41)36-10-8-14(9-11-36)2-1-3-19-34-24(31)20-25(35-19)37(13-32-20)27-22(39)21(38)23(43-27)26(40)33-16-5-6-16;1-2-3-11-6-8-18(9-7-11)15(19)20-14-5-4-12(16)10-13(14)17;14-13-18-9(15)5-10(19-13)20(3-16-5)12-7(22)6(21)8(24-12)11(23)17-4-1-2-4/h4,7,12-14,16,21-23,27,38-39H,2,5-6,8-11H2,(H,33,40)(H2,31,34,35);1,4-5,10-11H,3,6-9H2;3-4,6-8,12,21-22H,1-2H2,(H,17,23)(H2,15,18,19)/t21?,22-,23-,27+;;6?,7-,8-,12+/m0.0/s1.